The Hall–Kier alpha value is -1.39. The van der Waals surface area contributed by atoms with E-state index >= 15 is 0 Å². The summed E-state index contributed by atoms with van der Waals surface area (Å²) in [5, 5.41) is 6.86. The molecule has 0 saturated carbocycles. The van der Waals surface area contributed by atoms with Gasteiger partial charge in [-0.3, -0.25) is 0 Å². The van der Waals surface area contributed by atoms with Crippen LogP contribution in [0.1, 0.15) is 50.0 Å². The molecule has 0 spiro atoms. The van der Waals surface area contributed by atoms with Crippen LogP contribution >= 0.6 is 11.3 Å². The molecule has 1 N–H and O–H groups in total. The number of hydrogen-bond donors (Lipinski definition) is 1. The highest BCUT2D eigenvalue weighted by Gasteiger charge is 2.18. The van der Waals surface area contributed by atoms with Crippen molar-refractivity contribution in [2.45, 2.75) is 45.7 Å². The number of rotatable bonds is 5. The first kappa shape index (κ1) is 16.0. The van der Waals surface area contributed by atoms with Crippen LogP contribution in [-0.2, 0) is 12.0 Å². The summed E-state index contributed by atoms with van der Waals surface area (Å²) in [4.78, 5) is 4.71. The van der Waals surface area contributed by atoms with E-state index in [1.54, 1.807) is 18.4 Å². The topological polar surface area (TPSA) is 34.1 Å². The molecule has 0 unspecified atom stereocenters. The van der Waals surface area contributed by atoms with Gasteiger partial charge in [-0.2, -0.15) is 0 Å². The minimum Gasteiger partial charge on any atom is -0.497 e. The molecule has 0 saturated heterocycles. The van der Waals surface area contributed by atoms with E-state index in [0.29, 0.717) is 0 Å². The van der Waals surface area contributed by atoms with Crippen LogP contribution in [0.15, 0.2) is 29.6 Å². The Balaban J connectivity index is 1.94. The van der Waals surface area contributed by atoms with Crippen LogP contribution in [0.4, 0.5) is 0 Å². The van der Waals surface area contributed by atoms with Gasteiger partial charge in [0.2, 0.25) is 0 Å². The molecule has 0 aliphatic carbocycles. The smallest absolute Gasteiger partial charge is 0.118 e. The van der Waals surface area contributed by atoms with Gasteiger partial charge >= 0.3 is 0 Å². The summed E-state index contributed by atoms with van der Waals surface area (Å²) < 4.78 is 5.18. The zero-order valence-corrected chi connectivity index (χ0v) is 14.3. The molecule has 0 amide bonds. The Morgan fingerprint density at radius 1 is 1.24 bits per heavy atom. The van der Waals surface area contributed by atoms with Gasteiger partial charge in [0, 0.05) is 23.4 Å². The SMILES string of the molecule is COc1ccc([C@@H](C)NCc2csc(C(C)(C)C)n2)cc1. The average molecular weight is 304 g/mol. The Bertz CT molecular complexity index is 569. The van der Waals surface area contributed by atoms with Crippen molar-refractivity contribution in [1.29, 1.82) is 0 Å². The number of benzene rings is 1. The highest BCUT2D eigenvalue weighted by molar-refractivity contribution is 7.09. The molecule has 2 aromatic rings. The largest absolute Gasteiger partial charge is 0.497 e. The van der Waals surface area contributed by atoms with Gasteiger partial charge in [0.15, 0.2) is 0 Å². The third kappa shape index (κ3) is 4.29. The molecule has 1 heterocycles. The summed E-state index contributed by atoms with van der Waals surface area (Å²) in [6, 6.07) is 8.47. The van der Waals surface area contributed by atoms with Gasteiger partial charge in [-0.1, -0.05) is 32.9 Å². The maximum Gasteiger partial charge on any atom is 0.118 e. The van der Waals surface area contributed by atoms with E-state index in [9.17, 15) is 0 Å². The summed E-state index contributed by atoms with van der Waals surface area (Å²) in [5.74, 6) is 0.889. The fourth-order valence-corrected chi connectivity index (χ4v) is 2.91. The highest BCUT2D eigenvalue weighted by Crippen LogP contribution is 2.25. The van der Waals surface area contributed by atoms with Crippen LogP contribution in [-0.4, -0.2) is 12.1 Å². The summed E-state index contributed by atoms with van der Waals surface area (Å²) in [6.45, 7) is 9.55. The lowest BCUT2D eigenvalue weighted by atomic mass is 9.98. The number of nitrogens with zero attached hydrogens (tertiary/aromatic N) is 1. The molecule has 1 aromatic heterocycles. The van der Waals surface area contributed by atoms with Crippen LogP contribution < -0.4 is 10.1 Å². The van der Waals surface area contributed by atoms with Crippen molar-refractivity contribution in [3.05, 3.63) is 45.9 Å². The lowest BCUT2D eigenvalue weighted by Crippen LogP contribution is -2.18. The van der Waals surface area contributed by atoms with E-state index in [1.165, 1.54) is 10.6 Å². The monoisotopic (exact) mass is 304 g/mol. The number of thiazole rings is 1. The minimum atomic E-state index is 0.129. The van der Waals surface area contributed by atoms with Crippen LogP contribution in [0, 0.1) is 0 Å². The molecule has 1 atom stereocenters. The Labute approximate surface area is 131 Å². The minimum absolute atomic E-state index is 0.129. The quantitative estimate of drug-likeness (QED) is 0.894. The molecule has 0 radical (unpaired) electrons. The highest BCUT2D eigenvalue weighted by atomic mass is 32.1. The number of ether oxygens (including phenoxy) is 1. The van der Waals surface area contributed by atoms with Gasteiger partial charge in [-0.15, -0.1) is 11.3 Å². The fraction of sp³-hybridized carbons (Fsp3) is 0.471. The number of aromatic nitrogens is 1. The molecule has 4 heteroatoms. The maximum absolute atomic E-state index is 5.18. The molecule has 0 fully saturated rings. The summed E-state index contributed by atoms with van der Waals surface area (Å²) in [7, 11) is 1.69. The standard InChI is InChI=1S/C17H24N2OS/c1-12(13-6-8-15(20-5)9-7-13)18-10-14-11-21-16(19-14)17(2,3)4/h6-9,11-12,18H,10H2,1-5H3/t12-/m1/s1. The zero-order valence-electron chi connectivity index (χ0n) is 13.4. The molecule has 3 nitrogen and oxygen atoms in total. The Morgan fingerprint density at radius 3 is 2.43 bits per heavy atom. The van der Waals surface area contributed by atoms with E-state index in [2.05, 4.69) is 50.5 Å². The van der Waals surface area contributed by atoms with Gasteiger partial charge in [0.05, 0.1) is 17.8 Å². The van der Waals surface area contributed by atoms with Crippen LogP contribution in [0.5, 0.6) is 5.75 Å². The summed E-state index contributed by atoms with van der Waals surface area (Å²) >= 11 is 1.74. The van der Waals surface area contributed by atoms with Crippen molar-refractivity contribution < 1.29 is 4.74 Å². The predicted molar refractivity (Wildman–Crippen MR) is 89.1 cm³/mol. The zero-order chi connectivity index (χ0) is 15.5. The number of nitrogens with one attached hydrogen (secondary N) is 1. The second-order valence-corrected chi connectivity index (χ2v) is 7.13. The molecule has 0 aliphatic heterocycles. The van der Waals surface area contributed by atoms with Crippen LogP contribution in [0.2, 0.25) is 0 Å². The molecule has 21 heavy (non-hydrogen) atoms. The van der Waals surface area contributed by atoms with Crippen molar-refractivity contribution >= 4 is 11.3 Å². The van der Waals surface area contributed by atoms with Crippen molar-refractivity contribution in [3.63, 3.8) is 0 Å². The van der Waals surface area contributed by atoms with Gasteiger partial charge in [0.25, 0.3) is 0 Å². The van der Waals surface area contributed by atoms with E-state index < -0.39 is 0 Å². The lowest BCUT2D eigenvalue weighted by molar-refractivity contribution is 0.414. The van der Waals surface area contributed by atoms with Crippen molar-refractivity contribution in [3.8, 4) is 5.75 Å². The van der Waals surface area contributed by atoms with Gasteiger partial charge in [-0.25, -0.2) is 4.98 Å². The van der Waals surface area contributed by atoms with Crippen LogP contribution in [0.3, 0.4) is 0 Å². The first-order valence-electron chi connectivity index (χ1n) is 7.22. The fourth-order valence-electron chi connectivity index (χ4n) is 2.00. The molecule has 1 aromatic carbocycles. The summed E-state index contributed by atoms with van der Waals surface area (Å²) in [5.41, 5.74) is 2.50. The molecule has 2 rings (SSSR count). The first-order valence-corrected chi connectivity index (χ1v) is 8.10. The molecular formula is C17H24N2OS. The average Bonchev–Trinajstić information content (AvgIpc) is 2.94. The lowest BCUT2D eigenvalue weighted by Gasteiger charge is -2.15. The molecule has 0 bridgehead atoms. The van der Waals surface area contributed by atoms with Gasteiger partial charge in [0.1, 0.15) is 5.75 Å². The molecule has 0 aliphatic rings. The summed E-state index contributed by atoms with van der Waals surface area (Å²) in [6.07, 6.45) is 0. The Morgan fingerprint density at radius 2 is 1.90 bits per heavy atom. The normalized spacial score (nSPS) is 13.2. The predicted octanol–water partition coefficient (Wildman–Crippen LogP) is 4.30. The third-order valence-corrected chi connectivity index (χ3v) is 4.72. The maximum atomic E-state index is 5.18. The Kier molecular flexibility index (Phi) is 5.01. The van der Waals surface area contributed by atoms with Crippen molar-refractivity contribution in [2.75, 3.05) is 7.11 Å². The van der Waals surface area contributed by atoms with Gasteiger partial charge < -0.3 is 10.1 Å². The van der Waals surface area contributed by atoms with Crippen molar-refractivity contribution in [1.82, 2.24) is 10.3 Å². The third-order valence-electron chi connectivity index (χ3n) is 3.40. The first-order chi connectivity index (χ1) is 9.90. The van der Waals surface area contributed by atoms with Crippen molar-refractivity contribution in [2.24, 2.45) is 0 Å². The number of methoxy groups -OCH3 is 1. The van der Waals surface area contributed by atoms with Gasteiger partial charge in [-0.05, 0) is 24.6 Å². The molecule has 114 valence electrons. The van der Waals surface area contributed by atoms with E-state index in [-0.39, 0.29) is 11.5 Å². The van der Waals surface area contributed by atoms with E-state index in [4.69, 9.17) is 9.72 Å². The van der Waals surface area contributed by atoms with E-state index in [1.807, 2.05) is 12.1 Å². The second kappa shape index (κ2) is 6.58. The second-order valence-electron chi connectivity index (χ2n) is 6.27. The molecular weight excluding hydrogens is 280 g/mol. The van der Waals surface area contributed by atoms with Crippen LogP contribution in [0.25, 0.3) is 0 Å². The van der Waals surface area contributed by atoms with E-state index in [0.717, 1.165) is 18.0 Å². The number of hydrogen-bond acceptors (Lipinski definition) is 4.